The Labute approximate surface area is 146 Å². The van der Waals surface area contributed by atoms with Gasteiger partial charge in [-0.25, -0.2) is 0 Å². The van der Waals surface area contributed by atoms with Crippen LogP contribution in [0.2, 0.25) is 0 Å². The van der Waals surface area contributed by atoms with Gasteiger partial charge in [0.15, 0.2) is 0 Å². The fourth-order valence-corrected chi connectivity index (χ4v) is 2.44. The first-order valence-corrected chi connectivity index (χ1v) is 7.78. The Morgan fingerprint density at radius 2 is 1.48 bits per heavy atom. The van der Waals surface area contributed by atoms with E-state index < -0.39 is 11.8 Å². The highest BCUT2D eigenvalue weighted by Crippen LogP contribution is 2.11. The molecule has 3 amide bonds. The first kappa shape index (κ1) is 16.9. The van der Waals surface area contributed by atoms with Crippen LogP contribution < -0.4 is 16.2 Å². The third-order valence-electron chi connectivity index (χ3n) is 2.88. The van der Waals surface area contributed by atoms with E-state index in [1.807, 2.05) is 28.7 Å². The van der Waals surface area contributed by atoms with Crippen LogP contribution in [0.1, 0.15) is 27.6 Å². The molecule has 0 aliphatic heterocycles. The Morgan fingerprint density at radius 3 is 2.09 bits per heavy atom. The van der Waals surface area contributed by atoms with Gasteiger partial charge >= 0.3 is 0 Å². The number of rotatable bonds is 3. The molecule has 2 aromatic carbocycles. The van der Waals surface area contributed by atoms with Gasteiger partial charge < -0.3 is 5.32 Å². The lowest BCUT2D eigenvalue weighted by atomic mass is 10.2. The van der Waals surface area contributed by atoms with Gasteiger partial charge in [0.1, 0.15) is 0 Å². The molecule has 0 radical (unpaired) electrons. The van der Waals surface area contributed by atoms with Gasteiger partial charge in [-0.2, -0.15) is 0 Å². The number of halogens is 1. The highest BCUT2D eigenvalue weighted by Gasteiger charge is 2.11. The Balaban J connectivity index is 1.95. The second kappa shape index (κ2) is 7.73. The summed E-state index contributed by atoms with van der Waals surface area (Å²) in [4.78, 5) is 34.9. The normalized spacial score (nSPS) is 9.83. The minimum absolute atomic E-state index is 0.188. The molecule has 0 fully saturated rings. The Morgan fingerprint density at radius 1 is 0.870 bits per heavy atom. The number of hydrogen-bond donors (Lipinski definition) is 3. The SMILES string of the molecule is CC(=O)Nc1ccc(C(=O)NNC(=O)c2ccccc2I)cc1. The van der Waals surface area contributed by atoms with Gasteiger partial charge in [-0.3, -0.25) is 25.2 Å². The smallest absolute Gasteiger partial charge is 0.270 e. The van der Waals surface area contributed by atoms with Gasteiger partial charge in [0, 0.05) is 21.7 Å². The van der Waals surface area contributed by atoms with Crippen LogP contribution in [0.15, 0.2) is 48.5 Å². The van der Waals surface area contributed by atoms with E-state index in [2.05, 4.69) is 16.2 Å². The highest BCUT2D eigenvalue weighted by molar-refractivity contribution is 14.1. The molecule has 2 rings (SSSR count). The van der Waals surface area contributed by atoms with E-state index in [-0.39, 0.29) is 5.91 Å². The lowest BCUT2D eigenvalue weighted by Gasteiger charge is -2.09. The van der Waals surface area contributed by atoms with Gasteiger partial charge in [0.2, 0.25) is 5.91 Å². The van der Waals surface area contributed by atoms with Crippen LogP contribution in [0.4, 0.5) is 5.69 Å². The molecule has 118 valence electrons. The average molecular weight is 423 g/mol. The summed E-state index contributed by atoms with van der Waals surface area (Å²) in [5.74, 6) is -1.02. The lowest BCUT2D eigenvalue weighted by molar-refractivity contribution is -0.114. The number of hydrogen-bond acceptors (Lipinski definition) is 3. The number of hydrazine groups is 1. The van der Waals surface area contributed by atoms with Gasteiger partial charge in [-0.15, -0.1) is 0 Å². The summed E-state index contributed by atoms with van der Waals surface area (Å²) in [6.45, 7) is 1.40. The van der Waals surface area contributed by atoms with Crippen LogP contribution in [0.5, 0.6) is 0 Å². The van der Waals surface area contributed by atoms with Crippen molar-refractivity contribution in [2.45, 2.75) is 6.92 Å². The molecule has 0 saturated carbocycles. The van der Waals surface area contributed by atoms with E-state index in [1.54, 1.807) is 42.5 Å². The van der Waals surface area contributed by atoms with Crippen molar-refractivity contribution < 1.29 is 14.4 Å². The molecule has 7 heteroatoms. The minimum atomic E-state index is -0.446. The first-order valence-electron chi connectivity index (χ1n) is 6.70. The molecular formula is C16H14IN3O3. The molecule has 6 nitrogen and oxygen atoms in total. The minimum Gasteiger partial charge on any atom is -0.326 e. The predicted octanol–water partition coefficient (Wildman–Crippen LogP) is 2.32. The second-order valence-corrected chi connectivity index (χ2v) is 5.81. The van der Waals surface area contributed by atoms with Gasteiger partial charge in [-0.1, -0.05) is 12.1 Å². The van der Waals surface area contributed by atoms with E-state index in [0.29, 0.717) is 16.8 Å². The van der Waals surface area contributed by atoms with Crippen LogP contribution in [0.25, 0.3) is 0 Å². The first-order chi connectivity index (χ1) is 11.0. The average Bonchev–Trinajstić information content (AvgIpc) is 2.53. The van der Waals surface area contributed by atoms with E-state index in [1.165, 1.54) is 6.92 Å². The van der Waals surface area contributed by atoms with Gasteiger partial charge in [-0.05, 0) is 59.0 Å². The highest BCUT2D eigenvalue weighted by atomic mass is 127. The summed E-state index contributed by atoms with van der Waals surface area (Å²) in [5, 5.41) is 2.61. The van der Waals surface area contributed by atoms with Crippen molar-refractivity contribution in [3.05, 3.63) is 63.2 Å². The zero-order chi connectivity index (χ0) is 16.8. The number of anilines is 1. The van der Waals surface area contributed by atoms with Gasteiger partial charge in [0.25, 0.3) is 11.8 Å². The van der Waals surface area contributed by atoms with Crippen LogP contribution in [-0.4, -0.2) is 17.7 Å². The standard InChI is InChI=1S/C16H14IN3O3/c1-10(21)18-12-8-6-11(7-9-12)15(22)19-20-16(23)13-4-2-3-5-14(13)17/h2-9H,1H3,(H,18,21)(H,19,22)(H,20,23). The fourth-order valence-electron chi connectivity index (χ4n) is 1.81. The maximum absolute atomic E-state index is 12.0. The second-order valence-electron chi connectivity index (χ2n) is 4.65. The molecule has 0 aliphatic carbocycles. The van der Waals surface area contributed by atoms with Crippen molar-refractivity contribution in [1.29, 1.82) is 0 Å². The molecular weight excluding hydrogens is 409 g/mol. The summed E-state index contributed by atoms with van der Waals surface area (Å²) < 4.78 is 0.788. The number of benzene rings is 2. The summed E-state index contributed by atoms with van der Waals surface area (Å²) in [6.07, 6.45) is 0. The molecule has 0 unspecified atom stereocenters. The van der Waals surface area contributed by atoms with Crippen LogP contribution in [0, 0.1) is 3.57 Å². The summed E-state index contributed by atoms with van der Waals surface area (Å²) in [7, 11) is 0. The number of carbonyl (C=O) groups is 3. The number of amides is 3. The zero-order valence-electron chi connectivity index (χ0n) is 12.2. The van der Waals surface area contributed by atoms with Crippen molar-refractivity contribution in [3.8, 4) is 0 Å². The number of nitrogens with one attached hydrogen (secondary N) is 3. The van der Waals surface area contributed by atoms with E-state index >= 15 is 0 Å². The van der Waals surface area contributed by atoms with E-state index in [0.717, 1.165) is 3.57 Å². The molecule has 0 saturated heterocycles. The maximum atomic E-state index is 12.0. The van der Waals surface area contributed by atoms with Crippen LogP contribution in [0.3, 0.4) is 0 Å². The van der Waals surface area contributed by atoms with Crippen molar-refractivity contribution in [1.82, 2.24) is 10.9 Å². The molecule has 0 heterocycles. The zero-order valence-corrected chi connectivity index (χ0v) is 14.4. The lowest BCUT2D eigenvalue weighted by Crippen LogP contribution is -2.41. The predicted molar refractivity (Wildman–Crippen MR) is 94.8 cm³/mol. The monoisotopic (exact) mass is 423 g/mol. The topological polar surface area (TPSA) is 87.3 Å². The molecule has 0 aromatic heterocycles. The maximum Gasteiger partial charge on any atom is 0.270 e. The molecule has 2 aromatic rings. The van der Waals surface area contributed by atoms with Crippen molar-refractivity contribution >= 4 is 46.0 Å². The van der Waals surface area contributed by atoms with E-state index in [4.69, 9.17) is 0 Å². The Hall–Kier alpha value is -2.42. The van der Waals surface area contributed by atoms with Crippen LogP contribution >= 0.6 is 22.6 Å². The number of carbonyl (C=O) groups excluding carboxylic acids is 3. The van der Waals surface area contributed by atoms with Gasteiger partial charge in [0.05, 0.1) is 5.56 Å². The third kappa shape index (κ3) is 4.78. The molecule has 0 bridgehead atoms. The fraction of sp³-hybridized carbons (Fsp3) is 0.0625. The molecule has 0 aliphatic rings. The summed E-state index contributed by atoms with van der Waals surface area (Å²) >= 11 is 2.05. The molecule has 0 spiro atoms. The van der Waals surface area contributed by atoms with Crippen molar-refractivity contribution in [2.75, 3.05) is 5.32 Å². The third-order valence-corrected chi connectivity index (χ3v) is 3.82. The summed E-state index contributed by atoms with van der Waals surface area (Å²) in [6, 6.07) is 13.4. The van der Waals surface area contributed by atoms with Crippen molar-refractivity contribution in [2.24, 2.45) is 0 Å². The quantitative estimate of drug-likeness (QED) is 0.523. The van der Waals surface area contributed by atoms with Crippen LogP contribution in [-0.2, 0) is 4.79 Å². The Kier molecular flexibility index (Phi) is 5.69. The molecule has 3 N–H and O–H groups in total. The van der Waals surface area contributed by atoms with Crippen molar-refractivity contribution in [3.63, 3.8) is 0 Å². The largest absolute Gasteiger partial charge is 0.326 e. The summed E-state index contributed by atoms with van der Waals surface area (Å²) in [5.41, 5.74) is 6.17. The van der Waals surface area contributed by atoms with E-state index in [9.17, 15) is 14.4 Å². The molecule has 0 atom stereocenters. The Bertz CT molecular complexity index is 744. The molecule has 23 heavy (non-hydrogen) atoms.